The summed E-state index contributed by atoms with van der Waals surface area (Å²) in [6.45, 7) is 17.8. The van der Waals surface area contributed by atoms with E-state index in [0.29, 0.717) is 32.1 Å². The highest BCUT2D eigenvalue weighted by atomic mass is 16.8. The molecule has 0 spiro atoms. The maximum atomic E-state index is 13.1. The molecule has 4 saturated carbocycles. The first kappa shape index (κ1) is 63.7. The lowest BCUT2D eigenvalue weighted by Gasteiger charge is -2.72. The summed E-state index contributed by atoms with van der Waals surface area (Å²) in [5, 5.41) is 124. The molecular weight excluding hydrogens is 1070 g/mol. The fourth-order valence-electron chi connectivity index (χ4n) is 16.4. The van der Waals surface area contributed by atoms with Crippen molar-refractivity contribution in [1.29, 1.82) is 0 Å². The lowest BCUT2D eigenvalue weighted by atomic mass is 9.33. The number of hydrogen-bond acceptors (Lipinski definition) is 23. The van der Waals surface area contributed by atoms with Crippen LogP contribution < -0.4 is 0 Å². The quantitative estimate of drug-likeness (QED) is 0.0366. The molecule has 0 bridgehead atoms. The zero-order valence-corrected chi connectivity index (χ0v) is 48.2. The van der Waals surface area contributed by atoms with E-state index in [1.807, 2.05) is 20.8 Å². The van der Waals surface area contributed by atoms with Gasteiger partial charge in [-0.3, -0.25) is 9.59 Å². The van der Waals surface area contributed by atoms with Crippen molar-refractivity contribution in [2.45, 2.75) is 238 Å². The van der Waals surface area contributed by atoms with Gasteiger partial charge >= 0.3 is 23.9 Å². The van der Waals surface area contributed by atoms with E-state index in [-0.39, 0.29) is 36.9 Å². The number of rotatable bonds is 14. The average Bonchev–Trinajstić information content (AvgIpc) is 3.44. The number of aliphatic hydroxyl groups is 10. The van der Waals surface area contributed by atoms with Crippen molar-refractivity contribution in [3.05, 3.63) is 23.3 Å². The van der Waals surface area contributed by atoms with Gasteiger partial charge in [-0.15, -0.1) is 0 Å². The number of carbonyl (C=O) groups excluding carboxylic acids is 3. The molecule has 11 N–H and O–H groups in total. The largest absolute Gasteiger partial charge is 0.479 e. The van der Waals surface area contributed by atoms with Crippen LogP contribution in [-0.4, -0.2) is 216 Å². The Balaban J connectivity index is 1.09. The third kappa shape index (κ3) is 10.5. The molecule has 24 heteroatoms. The fraction of sp³-hybridized carbons (Fsp3) is 0.860. The fourth-order valence-corrected chi connectivity index (χ4v) is 16.4. The van der Waals surface area contributed by atoms with Crippen molar-refractivity contribution in [3.8, 4) is 0 Å². The first-order valence-corrected chi connectivity index (χ1v) is 28.4. The Morgan fingerprint density at radius 1 is 0.704 bits per heavy atom. The molecule has 81 heavy (non-hydrogen) atoms. The monoisotopic (exact) mass is 1160 g/mol. The highest BCUT2D eigenvalue weighted by molar-refractivity contribution is 5.87. The zero-order chi connectivity index (χ0) is 60.0. The number of esters is 3. The first-order chi connectivity index (χ1) is 37.7. The number of ether oxygens (including phenoxy) is 9. The highest BCUT2D eigenvalue weighted by Crippen LogP contribution is 2.76. The molecule has 5 aliphatic carbocycles. The summed E-state index contributed by atoms with van der Waals surface area (Å²) in [6.07, 6.45) is -23.7. The number of aliphatic carboxylic acids is 1. The summed E-state index contributed by atoms with van der Waals surface area (Å²) in [5.74, 6) is -4.69. The van der Waals surface area contributed by atoms with Gasteiger partial charge in [0, 0.05) is 24.8 Å². The van der Waals surface area contributed by atoms with Crippen LogP contribution in [0.1, 0.15) is 121 Å². The van der Waals surface area contributed by atoms with Crippen molar-refractivity contribution >= 4 is 23.9 Å². The zero-order valence-electron chi connectivity index (χ0n) is 48.2. The molecule has 8 rings (SSSR count). The van der Waals surface area contributed by atoms with Crippen LogP contribution in [-0.2, 0) is 61.8 Å². The van der Waals surface area contributed by atoms with E-state index in [1.165, 1.54) is 26.8 Å². The Bertz CT molecular complexity index is 2400. The van der Waals surface area contributed by atoms with Crippen LogP contribution in [0, 0.1) is 50.2 Å². The number of carboxylic acids is 1. The third-order valence-corrected chi connectivity index (χ3v) is 21.3. The van der Waals surface area contributed by atoms with Crippen molar-refractivity contribution in [2.75, 3.05) is 19.8 Å². The van der Waals surface area contributed by atoms with E-state index in [9.17, 15) is 75.3 Å². The summed E-state index contributed by atoms with van der Waals surface area (Å²) in [7, 11) is 0. The minimum absolute atomic E-state index is 0.0851. The number of aliphatic hydroxyl groups excluding tert-OH is 10. The van der Waals surface area contributed by atoms with Crippen molar-refractivity contribution in [2.24, 2.45) is 50.2 Å². The van der Waals surface area contributed by atoms with Crippen LogP contribution in [0.5, 0.6) is 0 Å². The third-order valence-electron chi connectivity index (χ3n) is 21.3. The van der Waals surface area contributed by atoms with Gasteiger partial charge in [-0.05, 0) is 105 Å². The molecule has 0 aromatic rings. The minimum Gasteiger partial charge on any atom is -0.479 e. The lowest BCUT2D eigenvalue weighted by Crippen LogP contribution is -2.73. The molecular formula is C57H88O24. The summed E-state index contributed by atoms with van der Waals surface area (Å²) < 4.78 is 53.9. The van der Waals surface area contributed by atoms with E-state index in [0.717, 1.165) is 5.57 Å². The minimum atomic E-state index is -2.07. The topological polar surface area (TPSA) is 374 Å². The van der Waals surface area contributed by atoms with E-state index in [1.54, 1.807) is 13.8 Å². The van der Waals surface area contributed by atoms with Gasteiger partial charge in [0.15, 0.2) is 37.2 Å². The Hall–Kier alpha value is -3.28. The van der Waals surface area contributed by atoms with E-state index in [2.05, 4.69) is 26.8 Å². The standard InChI is InChI=1S/C57H88O24/c1-12-24(2)48(72)78-42-40(68)50(74-25(3)41(42)75-27(5)61)81-46-45(69)57(23-73-26(4)60)29(19-52(46,6)7)28-13-14-32-53(8)17-16-34(54(9,22-59)31(53)15-18-55(32,10)56(28,11)20-33(57)62)77-51-44(38(66)37(65)43(79-51)47(70)71)80-49-39(67)36(64)35(63)30(21-58)76-49/h12-13,25,29-46,49-51,58-59,62-69H,14-23H2,1-11H3,(H,70,71)/b24-12-/t25-,29?,30-,31?,32?,33-,34+,35-,36+,37+,38+,39-,40-,41+,42-,43+,44-,45+,46+,49+,50+,51-,53+,54-,55-,56-,57+/m1/s1. The van der Waals surface area contributed by atoms with E-state index in [4.69, 9.17) is 42.6 Å². The highest BCUT2D eigenvalue weighted by Gasteiger charge is 2.74. The summed E-state index contributed by atoms with van der Waals surface area (Å²) in [6, 6.07) is 0. The molecule has 460 valence electrons. The second-order valence-electron chi connectivity index (χ2n) is 26.1. The van der Waals surface area contributed by atoms with Gasteiger partial charge in [0.25, 0.3) is 0 Å². The SMILES string of the molecule is C/C=C(/C)C(=O)O[C@@H]1[C@@H](O)[C@H](O[C@H]2[C@H](O)[C@@]3(COC(C)=O)C(CC2(C)C)C2=CCC4[C@@]5(C)CC[C@H](O[C@@H]6O[C@H](C(=O)O)[C@@H](O)[C@H](O)[C@H]6O[C@@H]6O[C@H](CO)[C@@H](O)[C@H](O)[C@H]6O)[C@](C)(CO)C5CC[C@@]4(C)[C@]2(C)C[C@H]3O)O[C@H](C)[C@@H]1OC(C)=O. The van der Waals surface area contributed by atoms with Gasteiger partial charge < -0.3 is 98.8 Å². The Morgan fingerprint density at radius 2 is 1.37 bits per heavy atom. The van der Waals surface area contributed by atoms with Gasteiger partial charge in [0.1, 0.15) is 55.4 Å². The Kier molecular flexibility index (Phi) is 18.2. The number of hydrogen-bond donors (Lipinski definition) is 11. The molecule has 0 aromatic heterocycles. The molecule has 3 aliphatic heterocycles. The van der Waals surface area contributed by atoms with E-state index < -0.39 is 192 Å². The molecule has 27 atom stereocenters. The van der Waals surface area contributed by atoms with Crippen molar-refractivity contribution in [3.63, 3.8) is 0 Å². The summed E-state index contributed by atoms with van der Waals surface area (Å²) >= 11 is 0. The summed E-state index contributed by atoms with van der Waals surface area (Å²) in [4.78, 5) is 50.6. The average molecular weight is 1160 g/mol. The number of carbonyl (C=O) groups is 4. The van der Waals surface area contributed by atoms with Crippen LogP contribution in [0.2, 0.25) is 0 Å². The van der Waals surface area contributed by atoms with Crippen molar-refractivity contribution in [1.82, 2.24) is 0 Å². The van der Waals surface area contributed by atoms with Crippen LogP contribution in [0.4, 0.5) is 0 Å². The lowest BCUT2D eigenvalue weighted by molar-refractivity contribution is -0.375. The van der Waals surface area contributed by atoms with Crippen LogP contribution >= 0.6 is 0 Å². The molecule has 7 fully saturated rings. The van der Waals surface area contributed by atoms with Crippen molar-refractivity contribution < 1.29 is 118 Å². The molecule has 3 heterocycles. The van der Waals surface area contributed by atoms with E-state index >= 15 is 0 Å². The molecule has 0 amide bonds. The Morgan fingerprint density at radius 3 is 1.98 bits per heavy atom. The number of fused-ring (bicyclic) bond motifs is 7. The molecule has 0 radical (unpaired) electrons. The number of carboxylic acid groups (broad SMARTS) is 1. The smallest absolute Gasteiger partial charge is 0.335 e. The van der Waals surface area contributed by atoms with Gasteiger partial charge in [-0.2, -0.15) is 0 Å². The van der Waals surface area contributed by atoms with Crippen LogP contribution in [0.3, 0.4) is 0 Å². The first-order valence-electron chi connectivity index (χ1n) is 28.4. The van der Waals surface area contributed by atoms with Gasteiger partial charge in [-0.1, -0.05) is 59.3 Å². The second-order valence-corrected chi connectivity index (χ2v) is 26.1. The predicted molar refractivity (Wildman–Crippen MR) is 277 cm³/mol. The maximum Gasteiger partial charge on any atom is 0.335 e. The van der Waals surface area contributed by atoms with Gasteiger partial charge in [0.2, 0.25) is 0 Å². The number of allylic oxidation sites excluding steroid dienone is 3. The normalized spacial score (nSPS) is 49.6. The maximum absolute atomic E-state index is 13.1. The predicted octanol–water partition coefficient (Wildman–Crippen LogP) is 0.277. The molecule has 0 aromatic carbocycles. The Labute approximate surface area is 471 Å². The second kappa shape index (κ2) is 23.2. The van der Waals surface area contributed by atoms with Gasteiger partial charge in [0.05, 0.1) is 49.1 Å². The van der Waals surface area contributed by atoms with Crippen LogP contribution in [0.15, 0.2) is 23.3 Å². The summed E-state index contributed by atoms with van der Waals surface area (Å²) in [5.41, 5.74) is -4.16. The molecule has 24 nitrogen and oxygen atoms in total. The molecule has 3 unspecified atom stereocenters. The van der Waals surface area contributed by atoms with Crippen LogP contribution in [0.25, 0.3) is 0 Å². The molecule has 3 saturated heterocycles. The molecule has 8 aliphatic rings. The van der Waals surface area contributed by atoms with Gasteiger partial charge in [-0.25, -0.2) is 9.59 Å².